The van der Waals surface area contributed by atoms with Gasteiger partial charge in [-0.3, -0.25) is 4.79 Å². The summed E-state index contributed by atoms with van der Waals surface area (Å²) < 4.78 is 4.95. The van der Waals surface area contributed by atoms with Crippen LogP contribution in [0.25, 0.3) is 11.1 Å². The van der Waals surface area contributed by atoms with Crippen molar-refractivity contribution in [1.29, 1.82) is 0 Å². The molecule has 0 spiro atoms. The van der Waals surface area contributed by atoms with E-state index >= 15 is 0 Å². The van der Waals surface area contributed by atoms with E-state index < -0.39 is 0 Å². The molecule has 0 saturated heterocycles. The van der Waals surface area contributed by atoms with E-state index in [1.165, 1.54) is 12.5 Å². The average molecular weight is 234 g/mol. The van der Waals surface area contributed by atoms with Crippen LogP contribution in [0.4, 0.5) is 0 Å². The normalized spacial score (nSPS) is 9.31. The van der Waals surface area contributed by atoms with Gasteiger partial charge < -0.3 is 4.74 Å². The topological polar surface area (TPSA) is 26.3 Å². The lowest BCUT2D eigenvalue weighted by Crippen LogP contribution is -2.00. The molecule has 84 valence electrons. The Morgan fingerprint density at radius 1 is 1.12 bits per heavy atom. The van der Waals surface area contributed by atoms with Crippen LogP contribution in [0.3, 0.4) is 0 Å². The molecule has 2 rings (SSSR count). The highest BCUT2D eigenvalue weighted by molar-refractivity contribution is 7.08. The van der Waals surface area contributed by atoms with Gasteiger partial charge in [0, 0.05) is 6.92 Å². The van der Waals surface area contributed by atoms with E-state index in [1.54, 1.807) is 23.5 Å². The van der Waals surface area contributed by atoms with Crippen molar-refractivity contribution >= 4 is 17.3 Å². The summed E-state index contributed by atoms with van der Waals surface area (Å²) >= 11 is 1.66. The van der Waals surface area contributed by atoms with Crippen LogP contribution in [0.5, 0.6) is 5.75 Å². The van der Waals surface area contributed by atoms with Crippen LogP contribution in [-0.4, -0.2) is 5.97 Å². The number of carbonyl (C=O) groups is 1. The van der Waals surface area contributed by atoms with Gasteiger partial charge in [-0.25, -0.2) is 0 Å². The highest BCUT2D eigenvalue weighted by atomic mass is 32.1. The molecule has 16 heavy (non-hydrogen) atoms. The summed E-state index contributed by atoms with van der Waals surface area (Å²) in [7, 11) is 0. The molecule has 0 aliphatic heterocycles. The third-order valence-corrected chi connectivity index (χ3v) is 2.65. The molecule has 3 heteroatoms. The predicted molar refractivity (Wildman–Crippen MR) is 67.8 cm³/mol. The van der Waals surface area contributed by atoms with Gasteiger partial charge in [-0.05, 0) is 40.1 Å². The second kappa shape index (κ2) is 5.47. The molecule has 0 saturated carbocycles. The SMILES string of the molecule is C.CC(=O)Oc1ccc(-c2ccsc2)cc1. The Morgan fingerprint density at radius 2 is 1.81 bits per heavy atom. The Labute approximate surface area is 99.5 Å². The first-order valence-electron chi connectivity index (χ1n) is 4.57. The van der Waals surface area contributed by atoms with E-state index in [2.05, 4.69) is 11.4 Å². The molecule has 0 fully saturated rings. The van der Waals surface area contributed by atoms with Crippen molar-refractivity contribution in [2.75, 3.05) is 0 Å². The van der Waals surface area contributed by atoms with Gasteiger partial charge in [0.1, 0.15) is 5.75 Å². The van der Waals surface area contributed by atoms with Crippen LogP contribution in [0.2, 0.25) is 0 Å². The Bertz CT molecular complexity index is 443. The van der Waals surface area contributed by atoms with E-state index in [0.29, 0.717) is 5.75 Å². The minimum atomic E-state index is -0.293. The van der Waals surface area contributed by atoms with Crippen LogP contribution in [0, 0.1) is 0 Å². The van der Waals surface area contributed by atoms with Crippen molar-refractivity contribution in [2.45, 2.75) is 14.4 Å². The highest BCUT2D eigenvalue weighted by Crippen LogP contribution is 2.24. The largest absolute Gasteiger partial charge is 0.427 e. The molecular weight excluding hydrogens is 220 g/mol. The summed E-state index contributed by atoms with van der Waals surface area (Å²) in [6.07, 6.45) is 0. The summed E-state index contributed by atoms with van der Waals surface area (Å²) in [5.41, 5.74) is 2.32. The van der Waals surface area contributed by atoms with Gasteiger partial charge in [-0.1, -0.05) is 19.6 Å². The van der Waals surface area contributed by atoms with Crippen molar-refractivity contribution in [3.05, 3.63) is 41.1 Å². The third-order valence-electron chi connectivity index (χ3n) is 1.97. The first kappa shape index (κ1) is 12.5. The summed E-state index contributed by atoms with van der Waals surface area (Å²) in [5.74, 6) is 0.291. The number of carbonyl (C=O) groups excluding carboxylic acids is 1. The Kier molecular flexibility index (Phi) is 4.26. The Balaban J connectivity index is 0.00000128. The van der Waals surface area contributed by atoms with Gasteiger partial charge in [0.25, 0.3) is 0 Å². The first-order valence-corrected chi connectivity index (χ1v) is 5.51. The molecule has 1 heterocycles. The molecule has 2 nitrogen and oxygen atoms in total. The van der Waals surface area contributed by atoms with Gasteiger partial charge in [-0.2, -0.15) is 11.3 Å². The zero-order valence-corrected chi connectivity index (χ0v) is 9.08. The highest BCUT2D eigenvalue weighted by Gasteiger charge is 2.00. The zero-order valence-electron chi connectivity index (χ0n) is 8.27. The fraction of sp³-hybridized carbons (Fsp3) is 0.154. The zero-order chi connectivity index (χ0) is 10.7. The number of hydrogen-bond donors (Lipinski definition) is 0. The van der Waals surface area contributed by atoms with Gasteiger partial charge in [0.2, 0.25) is 0 Å². The van der Waals surface area contributed by atoms with Crippen LogP contribution in [-0.2, 0) is 4.79 Å². The van der Waals surface area contributed by atoms with Gasteiger partial charge in [0.15, 0.2) is 0 Å². The van der Waals surface area contributed by atoms with Crippen LogP contribution >= 0.6 is 11.3 Å². The quantitative estimate of drug-likeness (QED) is 0.580. The van der Waals surface area contributed by atoms with Crippen LogP contribution in [0.15, 0.2) is 41.1 Å². The molecule has 1 aromatic carbocycles. The molecule has 0 bridgehead atoms. The maximum absolute atomic E-state index is 10.7. The molecule has 2 aromatic rings. The number of esters is 1. The van der Waals surface area contributed by atoms with Crippen molar-refractivity contribution in [1.82, 2.24) is 0 Å². The van der Waals surface area contributed by atoms with E-state index in [0.717, 1.165) is 5.56 Å². The molecule has 0 aliphatic rings. The van der Waals surface area contributed by atoms with Crippen LogP contribution in [0.1, 0.15) is 14.4 Å². The third kappa shape index (κ3) is 2.94. The lowest BCUT2D eigenvalue weighted by molar-refractivity contribution is -0.131. The van der Waals surface area contributed by atoms with Crippen molar-refractivity contribution in [2.24, 2.45) is 0 Å². The Morgan fingerprint density at radius 3 is 2.31 bits per heavy atom. The van der Waals surface area contributed by atoms with Crippen molar-refractivity contribution in [3.8, 4) is 16.9 Å². The molecule has 0 aliphatic carbocycles. The lowest BCUT2D eigenvalue weighted by Gasteiger charge is -2.02. The van der Waals surface area contributed by atoms with Gasteiger partial charge in [-0.15, -0.1) is 0 Å². The fourth-order valence-corrected chi connectivity index (χ4v) is 1.98. The average Bonchev–Trinajstić information content (AvgIpc) is 2.71. The van der Waals surface area contributed by atoms with E-state index in [1.807, 2.05) is 17.5 Å². The minimum Gasteiger partial charge on any atom is -0.427 e. The number of benzene rings is 1. The molecule has 0 amide bonds. The molecule has 0 radical (unpaired) electrons. The summed E-state index contributed by atoms with van der Waals surface area (Å²) in [5, 5.41) is 4.12. The van der Waals surface area contributed by atoms with Gasteiger partial charge >= 0.3 is 5.97 Å². The number of thiophene rings is 1. The second-order valence-electron chi connectivity index (χ2n) is 3.13. The molecule has 1 aromatic heterocycles. The summed E-state index contributed by atoms with van der Waals surface area (Å²) in [6.45, 7) is 1.40. The first-order chi connectivity index (χ1) is 7.25. The van der Waals surface area contributed by atoms with Crippen molar-refractivity contribution < 1.29 is 9.53 Å². The standard InChI is InChI=1S/C12H10O2S.CH4/c1-9(13)14-12-4-2-10(3-5-12)11-6-7-15-8-11;/h2-8H,1H3;1H4. The molecule has 0 unspecified atom stereocenters. The smallest absolute Gasteiger partial charge is 0.308 e. The lowest BCUT2D eigenvalue weighted by atomic mass is 10.1. The Hall–Kier alpha value is -1.61. The number of hydrogen-bond acceptors (Lipinski definition) is 3. The maximum Gasteiger partial charge on any atom is 0.308 e. The molecule has 0 atom stereocenters. The van der Waals surface area contributed by atoms with E-state index in [4.69, 9.17) is 4.74 Å². The fourth-order valence-electron chi connectivity index (χ4n) is 1.31. The minimum absolute atomic E-state index is 0. The van der Waals surface area contributed by atoms with Crippen molar-refractivity contribution in [3.63, 3.8) is 0 Å². The molecule has 0 N–H and O–H groups in total. The predicted octanol–water partition coefficient (Wildman–Crippen LogP) is 3.98. The van der Waals surface area contributed by atoms with Crippen LogP contribution < -0.4 is 4.74 Å². The summed E-state index contributed by atoms with van der Waals surface area (Å²) in [4.78, 5) is 10.7. The maximum atomic E-state index is 10.7. The second-order valence-corrected chi connectivity index (χ2v) is 3.91. The van der Waals surface area contributed by atoms with E-state index in [-0.39, 0.29) is 13.4 Å². The molecular formula is C13H14O2S. The van der Waals surface area contributed by atoms with E-state index in [9.17, 15) is 4.79 Å². The summed E-state index contributed by atoms with van der Waals surface area (Å²) in [6, 6.07) is 9.55. The van der Waals surface area contributed by atoms with Gasteiger partial charge in [0.05, 0.1) is 0 Å². The monoisotopic (exact) mass is 234 g/mol. The number of ether oxygens (including phenoxy) is 1. The number of rotatable bonds is 2.